The van der Waals surface area contributed by atoms with Crippen LogP contribution in [0.2, 0.25) is 25.7 Å². The summed E-state index contributed by atoms with van der Waals surface area (Å²) in [6.45, 7) is 9.63. The second-order valence-electron chi connectivity index (χ2n) is 6.64. The molecule has 0 unspecified atom stereocenters. The fourth-order valence-corrected chi connectivity index (χ4v) is 3.10. The minimum Gasteiger partial charge on any atom is -0.493 e. The Morgan fingerprint density at radius 3 is 2.71 bits per heavy atom. The SMILES string of the molecule is Cc1cc(CC=O)c(OCC[Si](C)(C)C)c2c1COC2=O. The number of fused-ring (bicyclic) bond motifs is 1. The maximum Gasteiger partial charge on any atom is 0.342 e. The summed E-state index contributed by atoms with van der Waals surface area (Å²) < 4.78 is 11.0. The molecule has 0 aromatic heterocycles. The van der Waals surface area contributed by atoms with Gasteiger partial charge in [0.15, 0.2) is 0 Å². The summed E-state index contributed by atoms with van der Waals surface area (Å²) in [7, 11) is -1.21. The van der Waals surface area contributed by atoms with E-state index >= 15 is 0 Å². The molecule has 0 fully saturated rings. The molecule has 1 aromatic rings. The summed E-state index contributed by atoms with van der Waals surface area (Å²) in [5.41, 5.74) is 3.15. The summed E-state index contributed by atoms with van der Waals surface area (Å²) in [6, 6.07) is 2.93. The highest BCUT2D eigenvalue weighted by atomic mass is 28.3. The topological polar surface area (TPSA) is 52.6 Å². The van der Waals surface area contributed by atoms with Gasteiger partial charge in [-0.3, -0.25) is 0 Å². The molecule has 0 atom stereocenters. The number of carbonyl (C=O) groups excluding carboxylic acids is 2. The van der Waals surface area contributed by atoms with Gasteiger partial charge in [-0.2, -0.15) is 0 Å². The van der Waals surface area contributed by atoms with Crippen LogP contribution in [0.4, 0.5) is 0 Å². The zero-order chi connectivity index (χ0) is 15.6. The largest absolute Gasteiger partial charge is 0.493 e. The number of aldehydes is 1. The number of carbonyl (C=O) groups is 2. The van der Waals surface area contributed by atoms with E-state index in [1.54, 1.807) is 0 Å². The normalized spacial score (nSPS) is 13.8. The lowest BCUT2D eigenvalue weighted by Gasteiger charge is -2.19. The molecule has 1 aliphatic heterocycles. The van der Waals surface area contributed by atoms with Gasteiger partial charge in [-0.1, -0.05) is 25.7 Å². The standard InChI is InChI=1S/C16H22O4Si/c1-11-9-12(5-6-17)15(19-7-8-21(2,3)4)14-13(11)10-20-16(14)18/h6,9H,5,7-8,10H2,1-4H3. The van der Waals surface area contributed by atoms with Crippen molar-refractivity contribution in [1.82, 2.24) is 0 Å². The molecule has 0 aliphatic carbocycles. The van der Waals surface area contributed by atoms with Crippen LogP contribution in [0.1, 0.15) is 27.0 Å². The minimum atomic E-state index is -1.21. The number of benzene rings is 1. The van der Waals surface area contributed by atoms with Crippen molar-refractivity contribution >= 4 is 20.3 Å². The molecule has 1 heterocycles. The van der Waals surface area contributed by atoms with E-state index in [0.717, 1.165) is 29.0 Å². The summed E-state index contributed by atoms with van der Waals surface area (Å²) >= 11 is 0. The molecule has 0 amide bonds. The molecule has 4 nitrogen and oxygen atoms in total. The third kappa shape index (κ3) is 3.53. The number of ether oxygens (including phenoxy) is 2. The molecule has 5 heteroatoms. The fraction of sp³-hybridized carbons (Fsp3) is 0.500. The predicted octanol–water partition coefficient (Wildman–Crippen LogP) is 3.12. The average Bonchev–Trinajstić information content (AvgIpc) is 2.75. The van der Waals surface area contributed by atoms with Crippen LogP contribution < -0.4 is 4.74 Å². The molecule has 114 valence electrons. The molecule has 0 N–H and O–H groups in total. The van der Waals surface area contributed by atoms with Crippen molar-refractivity contribution in [2.45, 2.75) is 45.6 Å². The van der Waals surface area contributed by atoms with Crippen LogP contribution in [0.25, 0.3) is 0 Å². The lowest BCUT2D eigenvalue weighted by Crippen LogP contribution is -2.23. The molecule has 1 aliphatic rings. The molecule has 2 rings (SSSR count). The van der Waals surface area contributed by atoms with Gasteiger partial charge >= 0.3 is 5.97 Å². The van der Waals surface area contributed by atoms with Gasteiger partial charge in [0.2, 0.25) is 0 Å². The van der Waals surface area contributed by atoms with Crippen LogP contribution in [0, 0.1) is 6.92 Å². The molecular formula is C16H22O4Si. The van der Waals surface area contributed by atoms with Gasteiger partial charge < -0.3 is 14.3 Å². The summed E-state index contributed by atoms with van der Waals surface area (Å²) in [4.78, 5) is 22.9. The Morgan fingerprint density at radius 2 is 2.10 bits per heavy atom. The van der Waals surface area contributed by atoms with Crippen molar-refractivity contribution < 1.29 is 19.1 Å². The number of esters is 1. The smallest absolute Gasteiger partial charge is 0.342 e. The zero-order valence-electron chi connectivity index (χ0n) is 13.1. The first-order valence-corrected chi connectivity index (χ1v) is 10.9. The first kappa shape index (κ1) is 15.8. The minimum absolute atomic E-state index is 0.254. The highest BCUT2D eigenvalue weighted by molar-refractivity contribution is 6.76. The molecule has 1 aromatic carbocycles. The molecule has 0 saturated carbocycles. The molecule has 0 spiro atoms. The van der Waals surface area contributed by atoms with Gasteiger partial charge in [0.05, 0.1) is 6.61 Å². The fourth-order valence-electron chi connectivity index (χ4n) is 2.39. The molecule has 0 saturated heterocycles. The van der Waals surface area contributed by atoms with Crippen LogP contribution in [0.3, 0.4) is 0 Å². The van der Waals surface area contributed by atoms with Crippen LogP contribution in [-0.4, -0.2) is 26.9 Å². The number of hydrogen-bond donors (Lipinski definition) is 0. The van der Waals surface area contributed by atoms with Crippen molar-refractivity contribution in [2.75, 3.05) is 6.61 Å². The third-order valence-electron chi connectivity index (χ3n) is 3.64. The molecule has 21 heavy (non-hydrogen) atoms. The quantitative estimate of drug-likeness (QED) is 0.460. The van der Waals surface area contributed by atoms with Crippen molar-refractivity contribution in [3.05, 3.63) is 28.3 Å². The molecule has 0 radical (unpaired) electrons. The lowest BCUT2D eigenvalue weighted by molar-refractivity contribution is -0.107. The monoisotopic (exact) mass is 306 g/mol. The summed E-state index contributed by atoms with van der Waals surface area (Å²) in [6.07, 6.45) is 1.09. The van der Waals surface area contributed by atoms with Gasteiger partial charge in [0.25, 0.3) is 0 Å². The van der Waals surface area contributed by atoms with Crippen molar-refractivity contribution in [3.63, 3.8) is 0 Å². The number of cyclic esters (lactones) is 1. The molecular weight excluding hydrogens is 284 g/mol. The van der Waals surface area contributed by atoms with Crippen LogP contribution in [-0.2, 0) is 22.6 Å². The third-order valence-corrected chi connectivity index (χ3v) is 5.34. The van der Waals surface area contributed by atoms with Crippen molar-refractivity contribution in [3.8, 4) is 5.75 Å². The zero-order valence-corrected chi connectivity index (χ0v) is 14.1. The Labute approximate surface area is 126 Å². The predicted molar refractivity (Wildman–Crippen MR) is 83.7 cm³/mol. The Balaban J connectivity index is 2.35. The first-order valence-electron chi connectivity index (χ1n) is 7.22. The lowest BCUT2D eigenvalue weighted by atomic mass is 9.97. The average molecular weight is 306 g/mol. The summed E-state index contributed by atoms with van der Waals surface area (Å²) in [5, 5.41) is 0. The Morgan fingerprint density at radius 1 is 1.38 bits per heavy atom. The summed E-state index contributed by atoms with van der Waals surface area (Å²) in [5.74, 6) is 0.201. The van der Waals surface area contributed by atoms with E-state index in [2.05, 4.69) is 19.6 Å². The highest BCUT2D eigenvalue weighted by Gasteiger charge is 2.30. The number of aryl methyl sites for hydroxylation is 1. The van der Waals surface area contributed by atoms with Gasteiger partial charge in [0, 0.05) is 25.6 Å². The van der Waals surface area contributed by atoms with E-state index in [9.17, 15) is 9.59 Å². The molecule has 0 bridgehead atoms. The van der Waals surface area contributed by atoms with Gasteiger partial charge in [-0.15, -0.1) is 0 Å². The van der Waals surface area contributed by atoms with Gasteiger partial charge in [0.1, 0.15) is 24.2 Å². The second kappa shape index (κ2) is 6.01. The van der Waals surface area contributed by atoms with Gasteiger partial charge in [-0.05, 0) is 18.5 Å². The number of rotatable bonds is 6. The maximum atomic E-state index is 12.0. The highest BCUT2D eigenvalue weighted by Crippen LogP contribution is 2.35. The van der Waals surface area contributed by atoms with E-state index in [0.29, 0.717) is 24.5 Å². The van der Waals surface area contributed by atoms with E-state index in [1.165, 1.54) is 0 Å². The van der Waals surface area contributed by atoms with Crippen LogP contribution >= 0.6 is 0 Å². The van der Waals surface area contributed by atoms with Crippen molar-refractivity contribution in [2.24, 2.45) is 0 Å². The Bertz CT molecular complexity index is 573. The second-order valence-corrected chi connectivity index (χ2v) is 12.3. The Hall–Kier alpha value is -1.62. The van der Waals surface area contributed by atoms with E-state index in [1.807, 2.05) is 13.0 Å². The Kier molecular flexibility index (Phi) is 4.51. The van der Waals surface area contributed by atoms with Crippen LogP contribution in [0.15, 0.2) is 6.07 Å². The van der Waals surface area contributed by atoms with E-state index < -0.39 is 8.07 Å². The van der Waals surface area contributed by atoms with Crippen LogP contribution in [0.5, 0.6) is 5.75 Å². The van der Waals surface area contributed by atoms with Gasteiger partial charge in [-0.25, -0.2) is 4.79 Å². The maximum absolute atomic E-state index is 12.0. The first-order chi connectivity index (χ1) is 9.83. The van der Waals surface area contributed by atoms with E-state index in [-0.39, 0.29) is 12.4 Å². The number of hydrogen-bond acceptors (Lipinski definition) is 4. The van der Waals surface area contributed by atoms with E-state index in [4.69, 9.17) is 9.47 Å². The van der Waals surface area contributed by atoms with Crippen molar-refractivity contribution in [1.29, 1.82) is 0 Å².